The van der Waals surface area contributed by atoms with Crippen molar-refractivity contribution in [2.75, 3.05) is 20.3 Å². The third kappa shape index (κ3) is 2.63. The molecule has 0 aromatic carbocycles. The van der Waals surface area contributed by atoms with E-state index in [1.165, 1.54) is 12.8 Å². The molecule has 98 valence electrons. The quantitative estimate of drug-likeness (QED) is 0.762. The monoisotopic (exact) mass is 240 g/mol. The zero-order chi connectivity index (χ0) is 12.5. The predicted molar refractivity (Wildman–Crippen MR) is 66.5 cm³/mol. The van der Waals surface area contributed by atoms with Gasteiger partial charge in [-0.15, -0.1) is 0 Å². The van der Waals surface area contributed by atoms with E-state index in [2.05, 4.69) is 19.2 Å². The van der Waals surface area contributed by atoms with Gasteiger partial charge >= 0.3 is 0 Å². The smallest absolute Gasteiger partial charge is 0.241 e. The van der Waals surface area contributed by atoms with E-state index in [-0.39, 0.29) is 18.1 Å². The second-order valence-electron chi connectivity index (χ2n) is 5.51. The molecule has 2 atom stereocenters. The lowest BCUT2D eigenvalue weighted by atomic mass is 10.0. The summed E-state index contributed by atoms with van der Waals surface area (Å²) in [6.45, 7) is 5.85. The summed E-state index contributed by atoms with van der Waals surface area (Å²) in [5, 5.41) is 3.35. The number of rotatable bonds is 6. The van der Waals surface area contributed by atoms with Crippen LogP contribution in [0.2, 0.25) is 0 Å². The first kappa shape index (κ1) is 12.8. The van der Waals surface area contributed by atoms with Crippen molar-refractivity contribution in [2.45, 2.75) is 51.7 Å². The van der Waals surface area contributed by atoms with Gasteiger partial charge in [0.15, 0.2) is 0 Å². The Morgan fingerprint density at radius 3 is 2.71 bits per heavy atom. The summed E-state index contributed by atoms with van der Waals surface area (Å²) in [7, 11) is 1.74. The minimum absolute atomic E-state index is 0.0308. The van der Waals surface area contributed by atoms with Crippen LogP contribution < -0.4 is 5.32 Å². The third-order valence-corrected chi connectivity index (χ3v) is 4.20. The lowest BCUT2D eigenvalue weighted by molar-refractivity contribution is -0.130. The number of amides is 1. The first-order chi connectivity index (χ1) is 8.12. The molecule has 1 aliphatic heterocycles. The number of nitrogens with one attached hydrogen (secondary N) is 1. The molecule has 0 radical (unpaired) electrons. The van der Waals surface area contributed by atoms with Crippen molar-refractivity contribution >= 4 is 5.91 Å². The van der Waals surface area contributed by atoms with Gasteiger partial charge < -0.3 is 9.64 Å². The molecule has 2 fully saturated rings. The van der Waals surface area contributed by atoms with E-state index in [1.54, 1.807) is 7.11 Å². The van der Waals surface area contributed by atoms with Crippen molar-refractivity contribution in [1.29, 1.82) is 0 Å². The van der Waals surface area contributed by atoms with Gasteiger partial charge in [0, 0.05) is 20.3 Å². The van der Waals surface area contributed by atoms with E-state index in [1.807, 2.05) is 4.90 Å². The number of hydrogen-bond donors (Lipinski definition) is 1. The van der Waals surface area contributed by atoms with Crippen LogP contribution in [0.5, 0.6) is 0 Å². The van der Waals surface area contributed by atoms with Gasteiger partial charge in [-0.3, -0.25) is 10.1 Å². The van der Waals surface area contributed by atoms with Crippen LogP contribution in [0.1, 0.15) is 39.5 Å². The first-order valence-corrected chi connectivity index (χ1v) is 6.67. The molecule has 1 saturated carbocycles. The molecule has 1 heterocycles. The van der Waals surface area contributed by atoms with E-state index < -0.39 is 0 Å². The van der Waals surface area contributed by atoms with Gasteiger partial charge in [-0.05, 0) is 38.0 Å². The topological polar surface area (TPSA) is 41.6 Å². The Labute approximate surface area is 104 Å². The molecule has 1 aliphatic carbocycles. The van der Waals surface area contributed by atoms with Gasteiger partial charge in [-0.25, -0.2) is 0 Å². The SMILES string of the molecule is CCC1NC(C)N(CC2(CCOC)CC2)C1=O. The van der Waals surface area contributed by atoms with Crippen LogP contribution >= 0.6 is 0 Å². The standard InChI is InChI=1S/C13H24N2O2/c1-4-11-12(16)15(10(2)14-11)9-13(5-6-13)7-8-17-3/h10-11,14H,4-9H2,1-3H3. The van der Waals surface area contributed by atoms with E-state index in [4.69, 9.17) is 4.74 Å². The summed E-state index contributed by atoms with van der Waals surface area (Å²) in [6.07, 6.45) is 4.63. The highest BCUT2D eigenvalue weighted by Gasteiger charge is 2.47. The molecule has 0 aromatic rings. The summed E-state index contributed by atoms with van der Waals surface area (Å²) >= 11 is 0. The molecule has 1 saturated heterocycles. The normalized spacial score (nSPS) is 31.0. The number of hydrogen-bond acceptors (Lipinski definition) is 3. The van der Waals surface area contributed by atoms with Gasteiger partial charge in [-0.1, -0.05) is 6.92 Å². The summed E-state index contributed by atoms with van der Waals surface area (Å²) in [5.74, 6) is 0.281. The van der Waals surface area contributed by atoms with Crippen molar-refractivity contribution in [3.8, 4) is 0 Å². The maximum atomic E-state index is 12.2. The number of carbonyl (C=O) groups is 1. The zero-order valence-electron chi connectivity index (χ0n) is 11.2. The van der Waals surface area contributed by atoms with Crippen molar-refractivity contribution < 1.29 is 9.53 Å². The molecule has 17 heavy (non-hydrogen) atoms. The van der Waals surface area contributed by atoms with Crippen molar-refractivity contribution in [3.05, 3.63) is 0 Å². The van der Waals surface area contributed by atoms with Crippen LogP contribution in [-0.4, -0.2) is 43.3 Å². The average Bonchev–Trinajstić information content (AvgIpc) is 3.04. The number of carbonyl (C=O) groups excluding carboxylic acids is 1. The molecule has 0 bridgehead atoms. The molecule has 2 aliphatic rings. The maximum Gasteiger partial charge on any atom is 0.241 e. The van der Waals surface area contributed by atoms with Gasteiger partial charge in [0.25, 0.3) is 0 Å². The van der Waals surface area contributed by atoms with Crippen LogP contribution in [0.15, 0.2) is 0 Å². The molecule has 4 heteroatoms. The number of methoxy groups -OCH3 is 1. The fourth-order valence-corrected chi connectivity index (χ4v) is 2.69. The lowest BCUT2D eigenvalue weighted by Crippen LogP contribution is -2.39. The van der Waals surface area contributed by atoms with Crippen LogP contribution in [0.25, 0.3) is 0 Å². The van der Waals surface area contributed by atoms with Gasteiger partial charge in [0.1, 0.15) is 0 Å². The number of ether oxygens (including phenoxy) is 1. The number of nitrogens with zero attached hydrogens (tertiary/aromatic N) is 1. The summed E-state index contributed by atoms with van der Waals surface area (Å²) in [5.41, 5.74) is 0.351. The molecule has 2 rings (SSSR count). The fraction of sp³-hybridized carbons (Fsp3) is 0.923. The maximum absolute atomic E-state index is 12.2. The Morgan fingerprint density at radius 1 is 1.53 bits per heavy atom. The zero-order valence-corrected chi connectivity index (χ0v) is 11.2. The minimum atomic E-state index is 0.0308. The largest absolute Gasteiger partial charge is 0.385 e. The fourth-order valence-electron chi connectivity index (χ4n) is 2.69. The first-order valence-electron chi connectivity index (χ1n) is 6.67. The van der Waals surface area contributed by atoms with Gasteiger partial charge in [-0.2, -0.15) is 0 Å². The van der Waals surface area contributed by atoms with E-state index in [0.717, 1.165) is 26.0 Å². The minimum Gasteiger partial charge on any atom is -0.385 e. The van der Waals surface area contributed by atoms with Crippen LogP contribution in [0.3, 0.4) is 0 Å². The Bertz CT molecular complexity index is 289. The molecule has 0 aromatic heterocycles. The predicted octanol–water partition coefficient (Wildman–Crippen LogP) is 1.36. The van der Waals surface area contributed by atoms with Crippen LogP contribution in [-0.2, 0) is 9.53 Å². The highest BCUT2D eigenvalue weighted by atomic mass is 16.5. The molecular weight excluding hydrogens is 216 g/mol. The summed E-state index contributed by atoms with van der Waals surface area (Å²) in [6, 6.07) is 0.0308. The van der Waals surface area contributed by atoms with Crippen LogP contribution in [0, 0.1) is 5.41 Å². The molecular formula is C13H24N2O2. The molecule has 2 unspecified atom stereocenters. The average molecular weight is 240 g/mol. The molecule has 0 spiro atoms. The van der Waals surface area contributed by atoms with Crippen molar-refractivity contribution in [2.24, 2.45) is 5.41 Å². The van der Waals surface area contributed by atoms with Gasteiger partial charge in [0.05, 0.1) is 12.2 Å². The van der Waals surface area contributed by atoms with Crippen molar-refractivity contribution in [1.82, 2.24) is 10.2 Å². The highest BCUT2D eigenvalue weighted by Crippen LogP contribution is 2.49. The molecule has 1 amide bonds. The van der Waals surface area contributed by atoms with E-state index in [9.17, 15) is 4.79 Å². The second kappa shape index (κ2) is 4.94. The summed E-state index contributed by atoms with van der Waals surface area (Å²) in [4.78, 5) is 14.2. The third-order valence-electron chi connectivity index (χ3n) is 4.20. The Morgan fingerprint density at radius 2 is 2.24 bits per heavy atom. The van der Waals surface area contributed by atoms with Crippen LogP contribution in [0.4, 0.5) is 0 Å². The Hall–Kier alpha value is -0.610. The van der Waals surface area contributed by atoms with Gasteiger partial charge in [0.2, 0.25) is 5.91 Å². The molecule has 4 nitrogen and oxygen atoms in total. The Kier molecular flexibility index (Phi) is 3.73. The van der Waals surface area contributed by atoms with Crippen molar-refractivity contribution in [3.63, 3.8) is 0 Å². The molecule has 1 N–H and O–H groups in total. The lowest BCUT2D eigenvalue weighted by Gasteiger charge is -2.26. The highest BCUT2D eigenvalue weighted by molar-refractivity contribution is 5.84. The Balaban J connectivity index is 1.92. The summed E-state index contributed by atoms with van der Waals surface area (Å²) < 4.78 is 5.16. The van der Waals surface area contributed by atoms with E-state index >= 15 is 0 Å². The van der Waals surface area contributed by atoms with E-state index in [0.29, 0.717) is 5.41 Å². The second-order valence-corrected chi connectivity index (χ2v) is 5.51.